The molecule has 0 aromatic heterocycles. The standard InChI is InChI=1S/C14H21FN2O/c1-3-5-7-10(4-2)14(18)17-13-11(15)8-6-9-12(13)16/h6,8-10H,3-5,7,16H2,1-2H3,(H,17,18). The molecular weight excluding hydrogens is 231 g/mol. The Morgan fingerprint density at radius 1 is 1.44 bits per heavy atom. The largest absolute Gasteiger partial charge is 0.397 e. The van der Waals surface area contributed by atoms with Crippen LogP contribution >= 0.6 is 0 Å². The summed E-state index contributed by atoms with van der Waals surface area (Å²) in [5.41, 5.74) is 6.01. The van der Waals surface area contributed by atoms with E-state index in [9.17, 15) is 9.18 Å². The van der Waals surface area contributed by atoms with Gasteiger partial charge >= 0.3 is 0 Å². The minimum Gasteiger partial charge on any atom is -0.397 e. The SMILES string of the molecule is CCCCC(CC)C(=O)Nc1c(N)cccc1F. The molecule has 3 nitrogen and oxygen atoms in total. The summed E-state index contributed by atoms with van der Waals surface area (Å²) in [6.45, 7) is 4.05. The van der Waals surface area contributed by atoms with Gasteiger partial charge in [0.1, 0.15) is 11.5 Å². The van der Waals surface area contributed by atoms with Crippen LogP contribution in [0.5, 0.6) is 0 Å². The average Bonchev–Trinajstić information content (AvgIpc) is 2.35. The molecule has 0 saturated carbocycles. The van der Waals surface area contributed by atoms with E-state index in [2.05, 4.69) is 12.2 Å². The fourth-order valence-corrected chi connectivity index (χ4v) is 1.87. The highest BCUT2D eigenvalue weighted by atomic mass is 19.1. The van der Waals surface area contributed by atoms with Crippen molar-refractivity contribution >= 4 is 17.3 Å². The molecule has 0 heterocycles. The molecule has 0 spiro atoms. The van der Waals surface area contributed by atoms with E-state index in [1.807, 2.05) is 6.92 Å². The molecule has 1 aromatic carbocycles. The molecular formula is C14H21FN2O. The number of amides is 1. The number of carbonyl (C=O) groups excluding carboxylic acids is 1. The lowest BCUT2D eigenvalue weighted by Crippen LogP contribution is -2.23. The van der Waals surface area contributed by atoms with Crippen LogP contribution in [0.1, 0.15) is 39.5 Å². The molecule has 1 aromatic rings. The van der Waals surface area contributed by atoms with E-state index in [0.717, 1.165) is 25.7 Å². The molecule has 1 rings (SSSR count). The van der Waals surface area contributed by atoms with Crippen molar-refractivity contribution in [2.75, 3.05) is 11.1 Å². The molecule has 3 N–H and O–H groups in total. The highest BCUT2D eigenvalue weighted by Crippen LogP contribution is 2.23. The Morgan fingerprint density at radius 2 is 2.17 bits per heavy atom. The van der Waals surface area contributed by atoms with Crippen molar-refractivity contribution in [2.45, 2.75) is 39.5 Å². The molecule has 0 radical (unpaired) electrons. The number of hydrogen-bond donors (Lipinski definition) is 2. The van der Waals surface area contributed by atoms with Crippen molar-refractivity contribution in [3.63, 3.8) is 0 Å². The first kappa shape index (κ1) is 14.5. The first-order valence-corrected chi connectivity index (χ1v) is 6.45. The van der Waals surface area contributed by atoms with Gasteiger partial charge in [-0.15, -0.1) is 0 Å². The van der Waals surface area contributed by atoms with E-state index in [4.69, 9.17) is 5.73 Å². The minimum atomic E-state index is -0.492. The summed E-state index contributed by atoms with van der Waals surface area (Å²) >= 11 is 0. The zero-order chi connectivity index (χ0) is 13.5. The Hall–Kier alpha value is -1.58. The summed E-state index contributed by atoms with van der Waals surface area (Å²) in [6.07, 6.45) is 3.62. The number of rotatable bonds is 6. The number of benzene rings is 1. The fraction of sp³-hybridized carbons (Fsp3) is 0.500. The third-order valence-corrected chi connectivity index (χ3v) is 3.06. The van der Waals surface area contributed by atoms with Crippen molar-refractivity contribution in [2.24, 2.45) is 5.92 Å². The second kappa shape index (κ2) is 6.99. The van der Waals surface area contributed by atoms with E-state index in [-0.39, 0.29) is 23.2 Å². The lowest BCUT2D eigenvalue weighted by Gasteiger charge is -2.16. The summed E-state index contributed by atoms with van der Waals surface area (Å²) in [4.78, 5) is 12.0. The number of para-hydroxylation sites is 1. The lowest BCUT2D eigenvalue weighted by molar-refractivity contribution is -0.120. The zero-order valence-corrected chi connectivity index (χ0v) is 11.0. The van der Waals surface area contributed by atoms with Crippen LogP contribution in [-0.4, -0.2) is 5.91 Å². The molecule has 0 aliphatic carbocycles. The van der Waals surface area contributed by atoms with Crippen LogP contribution in [0.4, 0.5) is 15.8 Å². The Balaban J connectivity index is 2.73. The molecule has 0 fully saturated rings. The Labute approximate surface area is 108 Å². The molecule has 1 atom stereocenters. The van der Waals surface area contributed by atoms with Gasteiger partial charge in [-0.2, -0.15) is 0 Å². The number of nitrogens with two attached hydrogens (primary N) is 1. The molecule has 0 aliphatic rings. The highest BCUT2D eigenvalue weighted by Gasteiger charge is 2.18. The van der Waals surface area contributed by atoms with Gasteiger partial charge in [-0.1, -0.05) is 32.8 Å². The van der Waals surface area contributed by atoms with Gasteiger partial charge in [0, 0.05) is 5.92 Å². The first-order valence-electron chi connectivity index (χ1n) is 6.45. The van der Waals surface area contributed by atoms with Crippen molar-refractivity contribution in [1.82, 2.24) is 0 Å². The third-order valence-electron chi connectivity index (χ3n) is 3.06. The molecule has 18 heavy (non-hydrogen) atoms. The summed E-state index contributed by atoms with van der Waals surface area (Å²) in [5.74, 6) is -0.722. The topological polar surface area (TPSA) is 55.1 Å². The van der Waals surface area contributed by atoms with Crippen LogP contribution in [0, 0.1) is 11.7 Å². The molecule has 0 bridgehead atoms. The van der Waals surface area contributed by atoms with Crippen molar-refractivity contribution in [3.05, 3.63) is 24.0 Å². The number of unbranched alkanes of at least 4 members (excludes halogenated alkanes) is 1. The lowest BCUT2D eigenvalue weighted by atomic mass is 9.98. The molecule has 0 aliphatic heterocycles. The Morgan fingerprint density at radius 3 is 2.72 bits per heavy atom. The van der Waals surface area contributed by atoms with Gasteiger partial charge < -0.3 is 11.1 Å². The van der Waals surface area contributed by atoms with Crippen LogP contribution < -0.4 is 11.1 Å². The number of nitrogens with one attached hydrogen (secondary N) is 1. The quantitative estimate of drug-likeness (QED) is 0.760. The van der Waals surface area contributed by atoms with E-state index in [1.165, 1.54) is 12.1 Å². The highest BCUT2D eigenvalue weighted by molar-refractivity contribution is 5.95. The Kier molecular flexibility index (Phi) is 5.62. The molecule has 1 unspecified atom stereocenters. The van der Waals surface area contributed by atoms with Gasteiger partial charge in [0.25, 0.3) is 0 Å². The van der Waals surface area contributed by atoms with E-state index in [0.29, 0.717) is 0 Å². The fourth-order valence-electron chi connectivity index (χ4n) is 1.87. The monoisotopic (exact) mass is 252 g/mol. The summed E-state index contributed by atoms with van der Waals surface area (Å²) in [6, 6.07) is 4.39. The normalized spacial score (nSPS) is 12.2. The van der Waals surface area contributed by atoms with E-state index < -0.39 is 5.82 Å². The zero-order valence-electron chi connectivity index (χ0n) is 11.0. The van der Waals surface area contributed by atoms with Crippen LogP contribution in [0.3, 0.4) is 0 Å². The van der Waals surface area contributed by atoms with Gasteiger partial charge in [-0.3, -0.25) is 4.79 Å². The molecule has 4 heteroatoms. The maximum Gasteiger partial charge on any atom is 0.227 e. The second-order valence-corrected chi connectivity index (χ2v) is 4.44. The second-order valence-electron chi connectivity index (χ2n) is 4.44. The van der Waals surface area contributed by atoms with Crippen LogP contribution in [0.15, 0.2) is 18.2 Å². The maximum absolute atomic E-state index is 13.5. The van der Waals surface area contributed by atoms with Crippen molar-refractivity contribution < 1.29 is 9.18 Å². The van der Waals surface area contributed by atoms with E-state index in [1.54, 1.807) is 6.07 Å². The van der Waals surface area contributed by atoms with Gasteiger partial charge in [0.05, 0.1) is 5.69 Å². The number of nitrogen functional groups attached to an aromatic ring is 1. The summed E-state index contributed by atoms with van der Waals surface area (Å²) < 4.78 is 13.5. The third kappa shape index (κ3) is 3.72. The smallest absolute Gasteiger partial charge is 0.227 e. The number of halogens is 1. The first-order chi connectivity index (χ1) is 8.60. The summed E-state index contributed by atoms with van der Waals surface area (Å²) in [5, 5.41) is 2.60. The predicted octanol–water partition coefficient (Wildman–Crippen LogP) is 3.56. The number of hydrogen-bond acceptors (Lipinski definition) is 2. The number of carbonyl (C=O) groups is 1. The molecule has 100 valence electrons. The van der Waals surface area contributed by atoms with Gasteiger partial charge in [-0.05, 0) is 25.0 Å². The predicted molar refractivity (Wildman–Crippen MR) is 72.7 cm³/mol. The molecule has 1 amide bonds. The van der Waals surface area contributed by atoms with Crippen LogP contribution in [-0.2, 0) is 4.79 Å². The van der Waals surface area contributed by atoms with Crippen molar-refractivity contribution in [3.8, 4) is 0 Å². The maximum atomic E-state index is 13.5. The van der Waals surface area contributed by atoms with Crippen LogP contribution in [0.25, 0.3) is 0 Å². The van der Waals surface area contributed by atoms with Crippen LogP contribution in [0.2, 0.25) is 0 Å². The average molecular weight is 252 g/mol. The van der Waals surface area contributed by atoms with Gasteiger partial charge in [-0.25, -0.2) is 4.39 Å². The Bertz CT molecular complexity index is 387. The number of anilines is 2. The van der Waals surface area contributed by atoms with Gasteiger partial charge in [0.15, 0.2) is 0 Å². The van der Waals surface area contributed by atoms with Gasteiger partial charge in [0.2, 0.25) is 5.91 Å². The minimum absolute atomic E-state index is 0.0797. The molecule has 0 saturated heterocycles. The van der Waals surface area contributed by atoms with E-state index >= 15 is 0 Å². The summed E-state index contributed by atoms with van der Waals surface area (Å²) in [7, 11) is 0. The van der Waals surface area contributed by atoms with Crippen molar-refractivity contribution in [1.29, 1.82) is 0 Å².